The highest BCUT2D eigenvalue weighted by molar-refractivity contribution is 14.1. The first-order valence-corrected chi connectivity index (χ1v) is 8.84. The predicted molar refractivity (Wildman–Crippen MR) is 102 cm³/mol. The second-order valence-corrected chi connectivity index (χ2v) is 6.88. The number of amides is 2. The Kier molecular flexibility index (Phi) is 5.34. The largest absolute Gasteiger partial charge is 0.360 e. The smallest absolute Gasteiger partial charge is 0.251 e. The third-order valence-corrected chi connectivity index (χ3v) is 4.55. The van der Waals surface area contributed by atoms with Crippen molar-refractivity contribution < 1.29 is 9.59 Å². The lowest BCUT2D eigenvalue weighted by Crippen LogP contribution is -2.47. The number of nitrogens with one attached hydrogen (secondary N) is 2. The quantitative estimate of drug-likeness (QED) is 0.724. The van der Waals surface area contributed by atoms with Gasteiger partial charge in [0.2, 0.25) is 5.91 Å². The zero-order valence-electron chi connectivity index (χ0n) is 13.1. The highest BCUT2D eigenvalue weighted by Gasteiger charge is 2.16. The van der Waals surface area contributed by atoms with Crippen LogP contribution >= 0.6 is 22.6 Å². The average Bonchev–Trinajstić information content (AvgIpc) is 2.60. The van der Waals surface area contributed by atoms with Gasteiger partial charge in [0, 0.05) is 34.5 Å². The number of carbonyl (C=O) groups excluding carboxylic acids is 2. The molecule has 5 nitrogen and oxygen atoms in total. The van der Waals surface area contributed by atoms with E-state index >= 15 is 0 Å². The minimum absolute atomic E-state index is 0.0510. The average molecular weight is 435 g/mol. The van der Waals surface area contributed by atoms with Crippen LogP contribution in [0.15, 0.2) is 48.5 Å². The van der Waals surface area contributed by atoms with E-state index in [9.17, 15) is 9.59 Å². The first-order valence-electron chi connectivity index (χ1n) is 7.76. The molecular weight excluding hydrogens is 417 g/mol. The van der Waals surface area contributed by atoms with E-state index in [-0.39, 0.29) is 11.8 Å². The van der Waals surface area contributed by atoms with Crippen LogP contribution in [0.1, 0.15) is 15.9 Å². The molecular formula is C18H18IN3O2. The van der Waals surface area contributed by atoms with Crippen molar-refractivity contribution in [1.82, 2.24) is 10.6 Å². The molecule has 2 amide bonds. The lowest BCUT2D eigenvalue weighted by molar-refractivity contribution is -0.120. The monoisotopic (exact) mass is 435 g/mol. The molecule has 0 atom stereocenters. The van der Waals surface area contributed by atoms with Gasteiger partial charge < -0.3 is 15.5 Å². The molecule has 0 aliphatic carbocycles. The molecule has 1 heterocycles. The van der Waals surface area contributed by atoms with Crippen molar-refractivity contribution in [3.63, 3.8) is 0 Å². The van der Waals surface area contributed by atoms with E-state index < -0.39 is 0 Å². The summed E-state index contributed by atoms with van der Waals surface area (Å²) >= 11 is 2.19. The first-order chi connectivity index (χ1) is 11.6. The van der Waals surface area contributed by atoms with Crippen LogP contribution in [0.25, 0.3) is 0 Å². The molecule has 2 aromatic carbocycles. The molecule has 0 bridgehead atoms. The van der Waals surface area contributed by atoms with E-state index in [1.807, 2.05) is 53.4 Å². The van der Waals surface area contributed by atoms with Gasteiger partial charge in [-0.05, 0) is 58.5 Å². The lowest BCUT2D eigenvalue weighted by atomic mass is 10.1. The normalized spacial score (nSPS) is 14.2. The van der Waals surface area contributed by atoms with Gasteiger partial charge in [-0.2, -0.15) is 0 Å². The van der Waals surface area contributed by atoms with E-state index in [4.69, 9.17) is 0 Å². The van der Waals surface area contributed by atoms with Crippen LogP contribution in [-0.4, -0.2) is 31.4 Å². The molecule has 1 saturated heterocycles. The van der Waals surface area contributed by atoms with E-state index in [2.05, 4.69) is 33.2 Å². The summed E-state index contributed by atoms with van der Waals surface area (Å²) in [5, 5.41) is 5.75. The number of carbonyl (C=O) groups is 2. The highest BCUT2D eigenvalue weighted by Crippen LogP contribution is 2.16. The molecule has 6 heteroatoms. The first kappa shape index (κ1) is 16.8. The van der Waals surface area contributed by atoms with Crippen molar-refractivity contribution >= 4 is 40.1 Å². The Morgan fingerprint density at radius 3 is 2.71 bits per heavy atom. The zero-order valence-corrected chi connectivity index (χ0v) is 15.2. The second-order valence-electron chi connectivity index (χ2n) is 5.63. The molecule has 2 N–H and O–H groups in total. The topological polar surface area (TPSA) is 61.4 Å². The number of hydrogen-bond acceptors (Lipinski definition) is 3. The lowest BCUT2D eigenvalue weighted by Gasteiger charge is -2.28. The van der Waals surface area contributed by atoms with Crippen LogP contribution < -0.4 is 15.5 Å². The molecule has 3 rings (SSSR count). The summed E-state index contributed by atoms with van der Waals surface area (Å²) in [6.45, 7) is 2.36. The molecule has 1 fully saturated rings. The number of rotatable bonds is 4. The molecule has 24 heavy (non-hydrogen) atoms. The fourth-order valence-electron chi connectivity index (χ4n) is 2.60. The van der Waals surface area contributed by atoms with Crippen LogP contribution in [0.3, 0.4) is 0 Å². The summed E-state index contributed by atoms with van der Waals surface area (Å²) in [4.78, 5) is 25.7. The molecule has 0 spiro atoms. The minimum atomic E-state index is -0.0784. The maximum Gasteiger partial charge on any atom is 0.251 e. The van der Waals surface area contributed by atoms with Gasteiger partial charge >= 0.3 is 0 Å². The number of anilines is 1. The molecule has 0 radical (unpaired) electrons. The second kappa shape index (κ2) is 7.65. The van der Waals surface area contributed by atoms with E-state index in [0.717, 1.165) is 21.4 Å². The Hall–Kier alpha value is -2.09. The van der Waals surface area contributed by atoms with Crippen LogP contribution in [0.2, 0.25) is 0 Å². The maximum atomic E-state index is 12.2. The highest BCUT2D eigenvalue weighted by atomic mass is 127. The number of nitrogens with zero attached hydrogens (tertiary/aromatic N) is 1. The molecule has 1 aliphatic heterocycles. The molecule has 0 unspecified atom stereocenters. The van der Waals surface area contributed by atoms with E-state index in [1.165, 1.54) is 0 Å². The molecule has 124 valence electrons. The molecule has 1 aliphatic rings. The minimum Gasteiger partial charge on any atom is -0.360 e. The SMILES string of the molecule is O=C1CN(c2ccc(CNC(=O)c3cccc(I)c3)cc2)CCN1. The molecule has 2 aromatic rings. The van der Waals surface area contributed by atoms with Crippen molar-refractivity contribution in [2.75, 3.05) is 24.5 Å². The summed E-state index contributed by atoms with van der Waals surface area (Å²) in [6.07, 6.45) is 0. The van der Waals surface area contributed by atoms with Gasteiger partial charge in [0.25, 0.3) is 5.91 Å². The van der Waals surface area contributed by atoms with Gasteiger partial charge in [-0.15, -0.1) is 0 Å². The van der Waals surface area contributed by atoms with E-state index in [1.54, 1.807) is 0 Å². The van der Waals surface area contributed by atoms with Crippen molar-refractivity contribution in [2.45, 2.75) is 6.54 Å². The van der Waals surface area contributed by atoms with Gasteiger partial charge in [-0.25, -0.2) is 0 Å². The summed E-state index contributed by atoms with van der Waals surface area (Å²) < 4.78 is 1.04. The molecule has 0 aromatic heterocycles. The van der Waals surface area contributed by atoms with Gasteiger partial charge in [0.1, 0.15) is 0 Å². The van der Waals surface area contributed by atoms with Gasteiger partial charge in [0.15, 0.2) is 0 Å². The van der Waals surface area contributed by atoms with Crippen LogP contribution in [0.5, 0.6) is 0 Å². The predicted octanol–water partition coefficient (Wildman–Crippen LogP) is 2.16. The van der Waals surface area contributed by atoms with Gasteiger partial charge in [-0.1, -0.05) is 18.2 Å². The Labute approximate surface area is 154 Å². The van der Waals surface area contributed by atoms with Gasteiger partial charge in [0.05, 0.1) is 6.54 Å². The number of hydrogen-bond donors (Lipinski definition) is 2. The Balaban J connectivity index is 1.58. The number of halogens is 1. The Morgan fingerprint density at radius 1 is 1.21 bits per heavy atom. The summed E-state index contributed by atoms with van der Waals surface area (Å²) in [5.41, 5.74) is 2.72. The standard InChI is InChI=1S/C18H18IN3O2/c19-15-3-1-2-14(10-15)18(24)21-11-13-4-6-16(7-5-13)22-9-8-20-17(23)12-22/h1-7,10H,8-9,11-12H2,(H,20,23)(H,21,24). The van der Waals surface area contributed by atoms with Crippen LogP contribution in [0.4, 0.5) is 5.69 Å². The molecule has 0 saturated carbocycles. The van der Waals surface area contributed by atoms with E-state index in [0.29, 0.717) is 25.2 Å². The fraction of sp³-hybridized carbons (Fsp3) is 0.222. The maximum absolute atomic E-state index is 12.2. The fourth-order valence-corrected chi connectivity index (χ4v) is 3.14. The third kappa shape index (κ3) is 4.25. The number of piperazine rings is 1. The van der Waals surface area contributed by atoms with Crippen molar-refractivity contribution in [1.29, 1.82) is 0 Å². The summed E-state index contributed by atoms with van der Waals surface area (Å²) in [5.74, 6) is -0.0274. The van der Waals surface area contributed by atoms with Crippen molar-refractivity contribution in [3.8, 4) is 0 Å². The van der Waals surface area contributed by atoms with Gasteiger partial charge in [-0.3, -0.25) is 9.59 Å². The van der Waals surface area contributed by atoms with Crippen LogP contribution in [-0.2, 0) is 11.3 Å². The van der Waals surface area contributed by atoms with Crippen LogP contribution in [0, 0.1) is 3.57 Å². The summed E-state index contributed by atoms with van der Waals surface area (Å²) in [6, 6.07) is 15.4. The summed E-state index contributed by atoms with van der Waals surface area (Å²) in [7, 11) is 0. The number of benzene rings is 2. The third-order valence-electron chi connectivity index (χ3n) is 3.88. The zero-order chi connectivity index (χ0) is 16.9. The van der Waals surface area contributed by atoms with Crippen molar-refractivity contribution in [3.05, 3.63) is 63.2 Å². The van der Waals surface area contributed by atoms with Crippen molar-refractivity contribution in [2.24, 2.45) is 0 Å². The Bertz CT molecular complexity index is 746. The Morgan fingerprint density at radius 2 is 2.00 bits per heavy atom.